The minimum absolute atomic E-state index is 0.195. The molecule has 0 N–H and O–H groups in total. The zero-order valence-corrected chi connectivity index (χ0v) is 20.5. The Balaban J connectivity index is 1.14. The van der Waals surface area contributed by atoms with E-state index in [2.05, 4.69) is 6.92 Å². The molecule has 2 heteroatoms. The number of hydrogen-bond acceptors (Lipinski definition) is 0. The third kappa shape index (κ3) is 6.35. The van der Waals surface area contributed by atoms with Gasteiger partial charge in [0.05, 0.1) is 6.67 Å². The van der Waals surface area contributed by atoms with Crippen molar-refractivity contribution in [3.05, 3.63) is 35.1 Å². The van der Waals surface area contributed by atoms with Gasteiger partial charge >= 0.3 is 0 Å². The number of hydrogen-bond donors (Lipinski definition) is 0. The molecule has 0 radical (unpaired) electrons. The van der Waals surface area contributed by atoms with Crippen LogP contribution in [-0.4, -0.2) is 6.67 Å². The summed E-state index contributed by atoms with van der Waals surface area (Å²) in [6.07, 6.45) is 21.4. The molecule has 0 bridgehead atoms. The number of rotatable bonds is 8. The number of halogens is 2. The van der Waals surface area contributed by atoms with Gasteiger partial charge in [-0.2, -0.15) is 0 Å². The smallest absolute Gasteiger partial charge is 0.126 e. The molecule has 0 spiro atoms. The van der Waals surface area contributed by atoms with Gasteiger partial charge in [-0.25, -0.2) is 4.39 Å². The van der Waals surface area contributed by atoms with Crippen molar-refractivity contribution < 1.29 is 8.78 Å². The van der Waals surface area contributed by atoms with Crippen LogP contribution in [0.2, 0.25) is 0 Å². The highest BCUT2D eigenvalue weighted by atomic mass is 19.1. The van der Waals surface area contributed by atoms with Crippen LogP contribution >= 0.6 is 0 Å². The Hall–Kier alpha value is -0.920. The van der Waals surface area contributed by atoms with E-state index in [0.717, 1.165) is 35.2 Å². The minimum atomic E-state index is -0.483. The Morgan fingerprint density at radius 3 is 1.75 bits per heavy atom. The summed E-state index contributed by atoms with van der Waals surface area (Å²) in [6, 6.07) is 5.54. The summed E-state index contributed by atoms with van der Waals surface area (Å²) in [7, 11) is 0. The van der Waals surface area contributed by atoms with Crippen LogP contribution in [0.25, 0.3) is 0 Å². The van der Waals surface area contributed by atoms with Gasteiger partial charge in [-0.1, -0.05) is 64.0 Å². The third-order valence-corrected chi connectivity index (χ3v) is 9.77. The largest absolute Gasteiger partial charge is 0.251 e. The van der Waals surface area contributed by atoms with E-state index in [4.69, 9.17) is 0 Å². The van der Waals surface area contributed by atoms with Crippen LogP contribution in [0.15, 0.2) is 18.2 Å². The standard InChI is InChI=1S/C30H46F2/c1-2-22-5-11-25(12-6-22)26-13-7-23(8-14-26)3-4-24-9-15-27(16-10-24)29-18-17-28(19-20-31)30(32)21-29/h17-18,21-27H,2-16,19-20H2,1H3/t22-,23?,24-,25-,26?,27-. The summed E-state index contributed by atoms with van der Waals surface area (Å²) in [4.78, 5) is 0. The number of alkyl halides is 1. The molecule has 0 nitrogen and oxygen atoms in total. The van der Waals surface area contributed by atoms with Crippen LogP contribution in [0, 0.1) is 35.4 Å². The molecule has 3 aliphatic carbocycles. The Morgan fingerprint density at radius 2 is 1.25 bits per heavy atom. The van der Waals surface area contributed by atoms with Gasteiger partial charge in [0.25, 0.3) is 0 Å². The van der Waals surface area contributed by atoms with E-state index in [1.165, 1.54) is 96.3 Å². The van der Waals surface area contributed by atoms with Gasteiger partial charge in [-0.05, 0) is 104 Å². The Morgan fingerprint density at radius 1 is 0.719 bits per heavy atom. The summed E-state index contributed by atoms with van der Waals surface area (Å²) in [5.74, 6) is 5.25. The van der Waals surface area contributed by atoms with Crippen LogP contribution in [-0.2, 0) is 6.42 Å². The van der Waals surface area contributed by atoms with Crippen molar-refractivity contribution in [2.45, 2.75) is 116 Å². The van der Waals surface area contributed by atoms with Gasteiger partial charge in [-0.3, -0.25) is 4.39 Å². The van der Waals surface area contributed by atoms with Gasteiger partial charge in [0.1, 0.15) is 5.82 Å². The van der Waals surface area contributed by atoms with Crippen molar-refractivity contribution in [2.24, 2.45) is 29.6 Å². The van der Waals surface area contributed by atoms with Crippen LogP contribution in [0.5, 0.6) is 0 Å². The first-order valence-corrected chi connectivity index (χ1v) is 14.0. The SMILES string of the molecule is CC[C@H]1CC[C@H](C2CCC(CC[C@H]3CC[C@H](c4ccc(CCF)c(F)c4)CC3)CC2)CC1. The second kappa shape index (κ2) is 12.0. The minimum Gasteiger partial charge on any atom is -0.251 e. The highest BCUT2D eigenvalue weighted by molar-refractivity contribution is 5.27. The molecule has 0 amide bonds. The quantitative estimate of drug-likeness (QED) is 0.374. The van der Waals surface area contributed by atoms with E-state index in [0.29, 0.717) is 11.5 Å². The van der Waals surface area contributed by atoms with E-state index >= 15 is 0 Å². The molecule has 1 aromatic carbocycles. The molecule has 4 rings (SSSR count). The second-order valence-electron chi connectivity index (χ2n) is 11.6. The summed E-state index contributed by atoms with van der Waals surface area (Å²) in [6.45, 7) is 1.89. The van der Waals surface area contributed by atoms with E-state index in [-0.39, 0.29) is 12.2 Å². The first kappa shape index (κ1) is 24.2. The molecule has 32 heavy (non-hydrogen) atoms. The highest BCUT2D eigenvalue weighted by Crippen LogP contribution is 2.44. The fraction of sp³-hybridized carbons (Fsp3) is 0.800. The molecular weight excluding hydrogens is 398 g/mol. The Labute approximate surface area is 196 Å². The van der Waals surface area contributed by atoms with Crippen molar-refractivity contribution >= 4 is 0 Å². The number of aryl methyl sites for hydroxylation is 1. The van der Waals surface area contributed by atoms with E-state index in [9.17, 15) is 8.78 Å². The lowest BCUT2D eigenvalue weighted by Crippen LogP contribution is -2.26. The molecule has 0 aromatic heterocycles. The maximum atomic E-state index is 14.2. The lowest BCUT2D eigenvalue weighted by Gasteiger charge is -2.38. The van der Waals surface area contributed by atoms with Crippen molar-refractivity contribution in [3.63, 3.8) is 0 Å². The predicted molar refractivity (Wildman–Crippen MR) is 131 cm³/mol. The third-order valence-electron chi connectivity index (χ3n) is 9.77. The van der Waals surface area contributed by atoms with Crippen molar-refractivity contribution in [1.82, 2.24) is 0 Å². The van der Waals surface area contributed by atoms with Crippen molar-refractivity contribution in [2.75, 3.05) is 6.67 Å². The molecule has 3 saturated carbocycles. The molecule has 0 saturated heterocycles. The lowest BCUT2D eigenvalue weighted by atomic mass is 9.68. The molecular formula is C30H46F2. The fourth-order valence-electron chi connectivity index (χ4n) is 7.39. The molecule has 0 unspecified atom stereocenters. The first-order chi connectivity index (χ1) is 15.7. The van der Waals surface area contributed by atoms with Crippen molar-refractivity contribution in [3.8, 4) is 0 Å². The summed E-state index contributed by atoms with van der Waals surface area (Å²) in [5, 5.41) is 0. The molecule has 180 valence electrons. The van der Waals surface area contributed by atoms with E-state index in [1.807, 2.05) is 12.1 Å². The average molecular weight is 445 g/mol. The number of benzene rings is 1. The monoisotopic (exact) mass is 444 g/mol. The lowest BCUT2D eigenvalue weighted by molar-refractivity contribution is 0.138. The predicted octanol–water partition coefficient (Wildman–Crippen LogP) is 9.41. The van der Waals surface area contributed by atoms with Crippen LogP contribution < -0.4 is 0 Å². The van der Waals surface area contributed by atoms with Crippen LogP contribution in [0.3, 0.4) is 0 Å². The van der Waals surface area contributed by atoms with Gasteiger partial charge in [0, 0.05) is 6.42 Å². The topological polar surface area (TPSA) is 0 Å². The van der Waals surface area contributed by atoms with Crippen LogP contribution in [0.1, 0.15) is 120 Å². The summed E-state index contributed by atoms with van der Waals surface area (Å²) in [5.41, 5.74) is 1.66. The van der Waals surface area contributed by atoms with Gasteiger partial charge < -0.3 is 0 Å². The average Bonchev–Trinajstić information content (AvgIpc) is 2.85. The highest BCUT2D eigenvalue weighted by Gasteiger charge is 2.31. The molecule has 1 aromatic rings. The van der Waals surface area contributed by atoms with Crippen LogP contribution in [0.4, 0.5) is 8.78 Å². The molecule has 0 heterocycles. The van der Waals surface area contributed by atoms with Crippen molar-refractivity contribution in [1.29, 1.82) is 0 Å². The molecule has 0 atom stereocenters. The van der Waals surface area contributed by atoms with E-state index < -0.39 is 6.67 Å². The van der Waals surface area contributed by atoms with Gasteiger partial charge in [0.2, 0.25) is 0 Å². The second-order valence-corrected chi connectivity index (χ2v) is 11.6. The Bertz CT molecular complexity index is 674. The normalized spacial score (nSPS) is 33.8. The maximum Gasteiger partial charge on any atom is 0.126 e. The summed E-state index contributed by atoms with van der Waals surface area (Å²) >= 11 is 0. The molecule has 3 fully saturated rings. The molecule has 0 aliphatic heterocycles. The molecule has 3 aliphatic rings. The maximum absolute atomic E-state index is 14.2. The van der Waals surface area contributed by atoms with Gasteiger partial charge in [-0.15, -0.1) is 0 Å². The van der Waals surface area contributed by atoms with Gasteiger partial charge in [0.15, 0.2) is 0 Å². The van der Waals surface area contributed by atoms with E-state index in [1.54, 1.807) is 6.07 Å². The summed E-state index contributed by atoms with van der Waals surface area (Å²) < 4.78 is 26.7. The zero-order valence-electron chi connectivity index (χ0n) is 20.5. The fourth-order valence-corrected chi connectivity index (χ4v) is 7.39. The Kier molecular flexibility index (Phi) is 9.06. The zero-order chi connectivity index (χ0) is 22.3. The first-order valence-electron chi connectivity index (χ1n) is 14.0.